The lowest BCUT2D eigenvalue weighted by Gasteiger charge is -2.35. The summed E-state index contributed by atoms with van der Waals surface area (Å²) in [5.74, 6) is 0.733. The van der Waals surface area contributed by atoms with Gasteiger partial charge >= 0.3 is 6.09 Å². The molecule has 6 rings (SSSR count). The number of amides is 3. The minimum atomic E-state index is -2.91. The first kappa shape index (κ1) is 36.8. The topological polar surface area (TPSA) is 154 Å². The lowest BCUT2D eigenvalue weighted by Crippen LogP contribution is -2.54. The fourth-order valence-corrected chi connectivity index (χ4v) is 7.96. The van der Waals surface area contributed by atoms with E-state index in [1.165, 1.54) is 7.11 Å². The number of hydrogen-bond donors (Lipinski definition) is 3. The van der Waals surface area contributed by atoms with Gasteiger partial charge in [-0.05, 0) is 64.8 Å². The van der Waals surface area contributed by atoms with Crippen molar-refractivity contribution < 1.29 is 27.5 Å². The molecule has 0 bridgehead atoms. The molecule has 3 aromatic carbocycles. The molecule has 13 heteroatoms. The van der Waals surface area contributed by atoms with Crippen molar-refractivity contribution in [2.45, 2.75) is 52.2 Å². The maximum Gasteiger partial charge on any atom is 0.407 e. The highest BCUT2D eigenvalue weighted by atomic mass is 32.2. The van der Waals surface area contributed by atoms with Crippen molar-refractivity contribution in [3.63, 3.8) is 0 Å². The summed E-state index contributed by atoms with van der Waals surface area (Å²) in [5.41, 5.74) is 5.53. The second-order valence-electron chi connectivity index (χ2n) is 14.5. The number of carbonyl (C=O) groups is 3. The molecule has 2 aliphatic heterocycles. The van der Waals surface area contributed by atoms with Gasteiger partial charge in [-0.25, -0.2) is 18.2 Å². The summed E-state index contributed by atoms with van der Waals surface area (Å²) in [4.78, 5) is 50.7. The van der Waals surface area contributed by atoms with E-state index in [9.17, 15) is 22.8 Å². The fraction of sp³-hybridized carbons (Fsp3) is 0.385. The first-order valence-corrected chi connectivity index (χ1v) is 19.4. The molecule has 52 heavy (non-hydrogen) atoms. The number of alkyl carbamates (subject to hydrolysis) is 1. The highest BCUT2D eigenvalue weighted by Gasteiger charge is 2.41. The number of carbonyl (C=O) groups excluding carboxylic acids is 3. The Morgan fingerprint density at radius 1 is 0.904 bits per heavy atom. The number of ether oxygens (including phenoxy) is 1. The number of aromatic nitrogens is 2. The van der Waals surface area contributed by atoms with E-state index in [1.54, 1.807) is 23.2 Å². The molecule has 0 aliphatic carbocycles. The Hall–Kier alpha value is -5.01. The third kappa shape index (κ3) is 8.71. The van der Waals surface area contributed by atoms with Gasteiger partial charge in [0.2, 0.25) is 5.91 Å². The van der Waals surface area contributed by atoms with Crippen molar-refractivity contribution in [3.05, 3.63) is 95.9 Å². The van der Waals surface area contributed by atoms with Gasteiger partial charge in [-0.3, -0.25) is 14.5 Å². The maximum atomic E-state index is 13.7. The van der Waals surface area contributed by atoms with Crippen LogP contribution in [0.25, 0.3) is 22.4 Å². The van der Waals surface area contributed by atoms with Crippen LogP contribution in [0, 0.1) is 5.41 Å². The van der Waals surface area contributed by atoms with Gasteiger partial charge in [0, 0.05) is 37.4 Å². The summed E-state index contributed by atoms with van der Waals surface area (Å²) in [5, 5.41) is 5.67. The van der Waals surface area contributed by atoms with Gasteiger partial charge in [0.15, 0.2) is 9.84 Å². The molecule has 4 aromatic rings. The molecular weight excluding hydrogens is 681 g/mol. The van der Waals surface area contributed by atoms with Gasteiger partial charge in [0.25, 0.3) is 5.91 Å². The predicted molar refractivity (Wildman–Crippen MR) is 200 cm³/mol. The van der Waals surface area contributed by atoms with E-state index >= 15 is 0 Å². The molecule has 2 atom stereocenters. The van der Waals surface area contributed by atoms with Crippen LogP contribution in [0.4, 0.5) is 10.5 Å². The molecule has 0 radical (unpaired) electrons. The van der Waals surface area contributed by atoms with E-state index in [0.29, 0.717) is 43.3 Å². The minimum absolute atomic E-state index is 0.160. The molecular formula is C39H46N6O6S. The second kappa shape index (κ2) is 15.3. The quantitative estimate of drug-likeness (QED) is 0.200. The van der Waals surface area contributed by atoms with Crippen LogP contribution < -0.4 is 10.6 Å². The summed E-state index contributed by atoms with van der Waals surface area (Å²) in [6.45, 7) is 8.06. The molecule has 1 aromatic heterocycles. The van der Waals surface area contributed by atoms with E-state index in [0.717, 1.165) is 40.8 Å². The van der Waals surface area contributed by atoms with Crippen LogP contribution in [-0.4, -0.2) is 90.4 Å². The number of sulfone groups is 1. The van der Waals surface area contributed by atoms with Crippen LogP contribution >= 0.6 is 0 Å². The van der Waals surface area contributed by atoms with Crippen molar-refractivity contribution >= 4 is 33.4 Å². The number of nitrogens with one attached hydrogen (secondary N) is 3. The molecule has 0 unspecified atom stereocenters. The molecule has 0 saturated carbocycles. The normalized spacial score (nSPS) is 18.1. The predicted octanol–water partition coefficient (Wildman–Crippen LogP) is 5.66. The number of H-pyrrole nitrogens is 1. The van der Waals surface area contributed by atoms with E-state index in [2.05, 4.69) is 25.5 Å². The smallest absolute Gasteiger partial charge is 0.407 e. The molecule has 3 amide bonds. The molecule has 2 saturated heterocycles. The Bertz CT molecular complexity index is 1990. The number of nitrogens with zero attached hydrogens (tertiary/aromatic N) is 3. The average molecular weight is 727 g/mol. The Morgan fingerprint density at radius 3 is 2.13 bits per heavy atom. The number of hydrogen-bond acceptors (Lipinski definition) is 8. The number of likely N-dealkylation sites (tertiary alicyclic amines) is 1. The van der Waals surface area contributed by atoms with Gasteiger partial charge in [0.05, 0.1) is 36.5 Å². The first-order chi connectivity index (χ1) is 24.8. The molecule has 3 N–H and O–H groups in total. The zero-order chi connectivity index (χ0) is 37.0. The Labute approximate surface area is 304 Å². The van der Waals surface area contributed by atoms with Crippen LogP contribution in [0.2, 0.25) is 0 Å². The molecule has 3 heterocycles. The van der Waals surface area contributed by atoms with Crippen molar-refractivity contribution in [3.8, 4) is 22.4 Å². The summed E-state index contributed by atoms with van der Waals surface area (Å²) < 4.78 is 28.2. The average Bonchev–Trinajstić information content (AvgIpc) is 3.82. The second-order valence-corrected chi connectivity index (χ2v) is 16.8. The van der Waals surface area contributed by atoms with E-state index < -0.39 is 27.4 Å². The van der Waals surface area contributed by atoms with Crippen LogP contribution in [0.1, 0.15) is 61.4 Å². The molecule has 274 valence electrons. The Balaban J connectivity index is 1.05. The van der Waals surface area contributed by atoms with Gasteiger partial charge < -0.3 is 25.3 Å². The number of benzene rings is 3. The highest BCUT2D eigenvalue weighted by Crippen LogP contribution is 2.34. The van der Waals surface area contributed by atoms with Crippen LogP contribution in [0.15, 0.2) is 79.0 Å². The largest absolute Gasteiger partial charge is 0.453 e. The van der Waals surface area contributed by atoms with Crippen molar-refractivity contribution in [1.29, 1.82) is 0 Å². The maximum absolute atomic E-state index is 13.7. The van der Waals surface area contributed by atoms with Gasteiger partial charge in [-0.15, -0.1) is 0 Å². The number of aromatic amines is 1. The molecule has 2 aliphatic rings. The third-order valence-electron chi connectivity index (χ3n) is 9.74. The van der Waals surface area contributed by atoms with E-state index in [4.69, 9.17) is 4.74 Å². The van der Waals surface area contributed by atoms with Crippen LogP contribution in [0.3, 0.4) is 0 Å². The van der Waals surface area contributed by atoms with Gasteiger partial charge in [-0.2, -0.15) is 0 Å². The monoisotopic (exact) mass is 726 g/mol. The summed E-state index contributed by atoms with van der Waals surface area (Å²) in [6, 6.07) is 22.2. The minimum Gasteiger partial charge on any atom is -0.453 e. The van der Waals surface area contributed by atoms with Crippen molar-refractivity contribution in [2.24, 2.45) is 5.41 Å². The molecule has 0 spiro atoms. The zero-order valence-electron chi connectivity index (χ0n) is 30.0. The van der Waals surface area contributed by atoms with E-state index in [-0.39, 0.29) is 29.4 Å². The standard InChI is InChI=1S/C39H46N6O6S/c1-39(2,3)34(43-38(48)51-4)37(47)45-19-5-6-33(45)35-40-24-32(42-35)29-13-9-27(10-14-29)28-11-15-30(16-12-28)36(46)41-31-17-7-26(8-18-31)25-44-20-22-52(49,50)23-21-44/h7-18,24,33-34H,5-6,19-23,25H2,1-4H3,(H,40,42)(H,41,46)(H,43,48)/t33-,34-/m1/s1. The van der Waals surface area contributed by atoms with Gasteiger partial charge in [0.1, 0.15) is 11.9 Å². The fourth-order valence-electron chi connectivity index (χ4n) is 6.68. The SMILES string of the molecule is COC(=O)N[C@H](C(=O)N1CCC[C@@H]1c1ncc(-c2ccc(-c3ccc(C(=O)Nc4ccc(CN5CCS(=O)(=O)CC5)cc4)cc3)cc2)[nH]1)C(C)(C)C. The Morgan fingerprint density at radius 2 is 1.52 bits per heavy atom. The Kier molecular flexibility index (Phi) is 10.8. The van der Waals surface area contributed by atoms with Crippen LogP contribution in [-0.2, 0) is 25.9 Å². The zero-order valence-corrected chi connectivity index (χ0v) is 30.8. The molecule has 12 nitrogen and oxygen atoms in total. The van der Waals surface area contributed by atoms with Crippen molar-refractivity contribution in [2.75, 3.05) is 43.6 Å². The number of methoxy groups -OCH3 is 1. The third-order valence-corrected chi connectivity index (χ3v) is 11.3. The van der Waals surface area contributed by atoms with Gasteiger partial charge in [-0.1, -0.05) is 69.3 Å². The molecule has 2 fully saturated rings. The number of rotatable bonds is 9. The first-order valence-electron chi connectivity index (χ1n) is 17.5. The lowest BCUT2D eigenvalue weighted by molar-refractivity contribution is -0.137. The highest BCUT2D eigenvalue weighted by molar-refractivity contribution is 7.91. The summed E-state index contributed by atoms with van der Waals surface area (Å²) in [6.07, 6.45) is 2.74. The summed E-state index contributed by atoms with van der Waals surface area (Å²) in [7, 11) is -1.63. The number of anilines is 1. The summed E-state index contributed by atoms with van der Waals surface area (Å²) >= 11 is 0. The lowest BCUT2D eigenvalue weighted by atomic mass is 9.85. The van der Waals surface area contributed by atoms with E-state index in [1.807, 2.05) is 81.4 Å². The van der Waals surface area contributed by atoms with Crippen molar-refractivity contribution in [1.82, 2.24) is 25.1 Å². The number of imidazole rings is 1. The van der Waals surface area contributed by atoms with Crippen LogP contribution in [0.5, 0.6) is 0 Å².